The maximum Gasteiger partial charge on any atom is 0.249 e. The molecule has 1 atom stereocenters. The summed E-state index contributed by atoms with van der Waals surface area (Å²) in [4.78, 5) is 26.2. The van der Waals surface area contributed by atoms with E-state index in [-0.39, 0.29) is 24.3 Å². The number of halogens is 1. The molecule has 1 aliphatic carbocycles. The molecule has 18 heavy (non-hydrogen) atoms. The molecule has 4 nitrogen and oxygen atoms in total. The third-order valence-corrected chi connectivity index (χ3v) is 4.24. The van der Waals surface area contributed by atoms with Crippen molar-refractivity contribution in [3.05, 3.63) is 0 Å². The van der Waals surface area contributed by atoms with Crippen LogP contribution in [0.1, 0.15) is 39.5 Å². The van der Waals surface area contributed by atoms with Gasteiger partial charge in [-0.25, -0.2) is 4.39 Å². The number of hydrogen-bond donors (Lipinski definition) is 1. The summed E-state index contributed by atoms with van der Waals surface area (Å²) >= 11 is 0. The molecule has 0 radical (unpaired) electrons. The third kappa shape index (κ3) is 1.99. The smallest absolute Gasteiger partial charge is 0.249 e. The maximum absolute atomic E-state index is 12.7. The van der Waals surface area contributed by atoms with Crippen LogP contribution in [0.5, 0.6) is 0 Å². The predicted molar refractivity (Wildman–Crippen MR) is 65.7 cm³/mol. The molecule has 1 saturated heterocycles. The minimum Gasteiger partial charge on any atom is -0.340 e. The van der Waals surface area contributed by atoms with Gasteiger partial charge >= 0.3 is 0 Å². The van der Waals surface area contributed by atoms with E-state index in [1.807, 2.05) is 13.8 Å². The number of hydrogen-bond acceptors (Lipinski definition) is 2. The lowest BCUT2D eigenvalue weighted by Crippen LogP contribution is -2.70. The molecule has 0 aromatic rings. The van der Waals surface area contributed by atoms with Crippen molar-refractivity contribution in [2.24, 2.45) is 5.92 Å². The Morgan fingerprint density at radius 1 is 1.33 bits per heavy atom. The Morgan fingerprint density at radius 3 is 2.39 bits per heavy atom. The van der Waals surface area contributed by atoms with E-state index in [9.17, 15) is 14.0 Å². The van der Waals surface area contributed by atoms with Gasteiger partial charge in [-0.2, -0.15) is 0 Å². The predicted octanol–water partition coefficient (Wildman–Crippen LogP) is 1.25. The molecule has 2 amide bonds. The molecule has 0 aromatic heterocycles. The number of alkyl halides is 1. The summed E-state index contributed by atoms with van der Waals surface area (Å²) in [7, 11) is 0. The Morgan fingerprint density at radius 2 is 1.94 bits per heavy atom. The minimum atomic E-state index is -0.822. The van der Waals surface area contributed by atoms with Gasteiger partial charge in [0.15, 0.2) is 0 Å². The minimum absolute atomic E-state index is 0.0369. The van der Waals surface area contributed by atoms with E-state index >= 15 is 0 Å². The van der Waals surface area contributed by atoms with Gasteiger partial charge in [0.1, 0.15) is 18.3 Å². The molecule has 1 heterocycles. The molecule has 0 aromatic carbocycles. The first-order chi connectivity index (χ1) is 8.59. The zero-order valence-electron chi connectivity index (χ0n) is 11.0. The van der Waals surface area contributed by atoms with Crippen molar-refractivity contribution >= 4 is 11.8 Å². The fourth-order valence-electron chi connectivity index (χ4n) is 2.85. The van der Waals surface area contributed by atoms with Crippen molar-refractivity contribution in [2.45, 2.75) is 51.1 Å². The van der Waals surface area contributed by atoms with Gasteiger partial charge in [0.2, 0.25) is 11.8 Å². The Labute approximate surface area is 107 Å². The van der Waals surface area contributed by atoms with Crippen LogP contribution in [0.15, 0.2) is 0 Å². The van der Waals surface area contributed by atoms with Crippen molar-refractivity contribution in [2.75, 3.05) is 13.2 Å². The number of nitrogens with one attached hydrogen (secondary N) is 1. The van der Waals surface area contributed by atoms with Crippen LogP contribution >= 0.6 is 0 Å². The van der Waals surface area contributed by atoms with Crippen LogP contribution in [0.25, 0.3) is 0 Å². The van der Waals surface area contributed by atoms with Crippen LogP contribution in [0.2, 0.25) is 0 Å². The van der Waals surface area contributed by atoms with Crippen LogP contribution in [0, 0.1) is 5.92 Å². The summed E-state index contributed by atoms with van der Waals surface area (Å²) in [5, 5.41) is 2.89. The Hall–Kier alpha value is -1.13. The van der Waals surface area contributed by atoms with Gasteiger partial charge in [-0.15, -0.1) is 0 Å². The first-order valence-electron chi connectivity index (χ1n) is 6.78. The average Bonchev–Trinajstić information content (AvgIpc) is 3.18. The quantitative estimate of drug-likeness (QED) is 0.805. The van der Waals surface area contributed by atoms with Crippen molar-refractivity contribution in [3.8, 4) is 0 Å². The van der Waals surface area contributed by atoms with E-state index in [1.165, 1.54) is 4.90 Å². The highest BCUT2D eigenvalue weighted by atomic mass is 19.1. The fourth-order valence-corrected chi connectivity index (χ4v) is 2.85. The molecule has 1 N–H and O–H groups in total. The molecule has 102 valence electrons. The molecular weight excluding hydrogens is 235 g/mol. The standard InChI is InChI=1S/C13H21FN2O2/c1-3-13(4-2)12(18)16(8-7-14)10(9-5-6-9)11(17)15-13/h9-10H,3-8H2,1-2H3,(H,15,17). The number of carbonyl (C=O) groups is 2. The molecule has 1 saturated carbocycles. The molecule has 5 heteroatoms. The van der Waals surface area contributed by atoms with Gasteiger partial charge in [-0.05, 0) is 31.6 Å². The van der Waals surface area contributed by atoms with Crippen LogP contribution in [-0.2, 0) is 9.59 Å². The van der Waals surface area contributed by atoms with Gasteiger partial charge in [0.05, 0.1) is 0 Å². The zero-order valence-corrected chi connectivity index (χ0v) is 11.0. The van der Waals surface area contributed by atoms with E-state index in [4.69, 9.17) is 0 Å². The largest absolute Gasteiger partial charge is 0.340 e. The third-order valence-electron chi connectivity index (χ3n) is 4.24. The molecule has 2 rings (SSSR count). The zero-order chi connectivity index (χ0) is 13.3. The van der Waals surface area contributed by atoms with Crippen molar-refractivity contribution < 1.29 is 14.0 Å². The molecule has 1 aliphatic heterocycles. The lowest BCUT2D eigenvalue weighted by atomic mass is 9.86. The molecule has 2 fully saturated rings. The highest BCUT2D eigenvalue weighted by Gasteiger charge is 2.52. The van der Waals surface area contributed by atoms with Gasteiger partial charge in [-0.1, -0.05) is 13.8 Å². The van der Waals surface area contributed by atoms with E-state index in [0.29, 0.717) is 12.8 Å². The monoisotopic (exact) mass is 256 g/mol. The first-order valence-corrected chi connectivity index (χ1v) is 6.78. The highest BCUT2D eigenvalue weighted by Crippen LogP contribution is 2.39. The topological polar surface area (TPSA) is 49.4 Å². The Balaban J connectivity index is 2.28. The number of nitrogens with zero attached hydrogens (tertiary/aromatic N) is 1. The lowest BCUT2D eigenvalue weighted by molar-refractivity contribution is -0.156. The number of amides is 2. The van der Waals surface area contributed by atoms with E-state index in [0.717, 1.165) is 12.8 Å². The van der Waals surface area contributed by atoms with Crippen LogP contribution in [0.4, 0.5) is 4.39 Å². The second-order valence-corrected chi connectivity index (χ2v) is 5.25. The fraction of sp³-hybridized carbons (Fsp3) is 0.846. The van der Waals surface area contributed by atoms with Gasteiger partial charge in [-0.3, -0.25) is 9.59 Å². The summed E-state index contributed by atoms with van der Waals surface area (Å²) in [6.45, 7) is 3.21. The van der Waals surface area contributed by atoms with Crippen molar-refractivity contribution in [3.63, 3.8) is 0 Å². The Bertz CT molecular complexity index is 351. The number of rotatable bonds is 5. The molecule has 0 spiro atoms. The molecular formula is C13H21FN2O2. The summed E-state index contributed by atoms with van der Waals surface area (Å²) in [5.74, 6) is 0.0168. The van der Waals surface area contributed by atoms with Crippen molar-refractivity contribution in [1.82, 2.24) is 10.2 Å². The van der Waals surface area contributed by atoms with Gasteiger partial charge < -0.3 is 10.2 Å². The SMILES string of the molecule is CCC1(CC)NC(=O)C(C2CC2)N(CCF)C1=O. The van der Waals surface area contributed by atoms with Crippen molar-refractivity contribution in [1.29, 1.82) is 0 Å². The second-order valence-electron chi connectivity index (χ2n) is 5.25. The van der Waals surface area contributed by atoms with E-state index in [1.54, 1.807) is 0 Å². The Kier molecular flexibility index (Phi) is 3.59. The second kappa shape index (κ2) is 4.86. The van der Waals surface area contributed by atoms with Crippen LogP contribution < -0.4 is 5.32 Å². The van der Waals surface area contributed by atoms with Crippen LogP contribution in [-0.4, -0.2) is 41.5 Å². The van der Waals surface area contributed by atoms with E-state index < -0.39 is 18.3 Å². The summed E-state index contributed by atoms with van der Waals surface area (Å²) in [6.07, 6.45) is 3.02. The number of carbonyl (C=O) groups excluding carboxylic acids is 2. The highest BCUT2D eigenvalue weighted by molar-refractivity contribution is 6.00. The first kappa shape index (κ1) is 13.3. The molecule has 1 unspecified atom stereocenters. The maximum atomic E-state index is 12.7. The summed E-state index contributed by atoms with van der Waals surface area (Å²) < 4.78 is 12.7. The normalized spacial score (nSPS) is 27.3. The summed E-state index contributed by atoms with van der Waals surface area (Å²) in [5.41, 5.74) is -0.822. The average molecular weight is 256 g/mol. The van der Waals surface area contributed by atoms with Gasteiger partial charge in [0, 0.05) is 6.54 Å². The molecule has 0 bridgehead atoms. The van der Waals surface area contributed by atoms with E-state index in [2.05, 4.69) is 5.32 Å². The molecule has 2 aliphatic rings. The van der Waals surface area contributed by atoms with Crippen LogP contribution in [0.3, 0.4) is 0 Å². The van der Waals surface area contributed by atoms with Gasteiger partial charge in [0.25, 0.3) is 0 Å². The lowest BCUT2D eigenvalue weighted by Gasteiger charge is -2.45. The summed E-state index contributed by atoms with van der Waals surface area (Å²) in [6, 6.07) is -0.445. The number of piperazine rings is 1.